The van der Waals surface area contributed by atoms with Gasteiger partial charge in [0.05, 0.1) is 5.54 Å². The first-order valence-corrected chi connectivity index (χ1v) is 5.94. The second-order valence-corrected chi connectivity index (χ2v) is 5.28. The molecule has 0 spiro atoms. The standard InChI is InChI=1S/C11H11BrClNO/c12-9-2-1-8(13)5-7(9)6-10(15)11(14)3-4-11/h1-2,5H,3-4,6,14H2. The van der Waals surface area contributed by atoms with Gasteiger partial charge in [0.25, 0.3) is 0 Å². The number of Topliss-reactive ketones (excluding diaryl/α,β-unsaturated/α-hetero) is 1. The molecule has 1 aromatic carbocycles. The van der Waals surface area contributed by atoms with E-state index in [2.05, 4.69) is 15.9 Å². The highest BCUT2D eigenvalue weighted by Gasteiger charge is 2.45. The molecule has 0 heterocycles. The molecule has 1 aromatic rings. The van der Waals surface area contributed by atoms with Gasteiger partial charge in [-0.15, -0.1) is 0 Å². The number of carbonyl (C=O) groups is 1. The molecule has 1 fully saturated rings. The van der Waals surface area contributed by atoms with Crippen molar-refractivity contribution in [1.29, 1.82) is 0 Å². The van der Waals surface area contributed by atoms with E-state index in [0.29, 0.717) is 11.4 Å². The zero-order chi connectivity index (χ0) is 11.1. The van der Waals surface area contributed by atoms with E-state index in [1.54, 1.807) is 12.1 Å². The number of hydrogen-bond acceptors (Lipinski definition) is 2. The van der Waals surface area contributed by atoms with Crippen molar-refractivity contribution in [1.82, 2.24) is 0 Å². The fourth-order valence-electron chi connectivity index (χ4n) is 1.44. The largest absolute Gasteiger partial charge is 0.319 e. The van der Waals surface area contributed by atoms with Gasteiger partial charge in [0.1, 0.15) is 0 Å². The summed E-state index contributed by atoms with van der Waals surface area (Å²) in [4.78, 5) is 11.8. The van der Waals surface area contributed by atoms with Crippen molar-refractivity contribution >= 4 is 33.3 Å². The van der Waals surface area contributed by atoms with E-state index >= 15 is 0 Å². The summed E-state index contributed by atoms with van der Waals surface area (Å²) < 4.78 is 0.907. The van der Waals surface area contributed by atoms with Crippen molar-refractivity contribution in [3.8, 4) is 0 Å². The summed E-state index contributed by atoms with van der Waals surface area (Å²) in [6.45, 7) is 0. The first-order valence-electron chi connectivity index (χ1n) is 4.77. The second kappa shape index (κ2) is 3.89. The molecular weight excluding hydrogens is 277 g/mol. The van der Waals surface area contributed by atoms with Crippen LogP contribution in [0.1, 0.15) is 18.4 Å². The van der Waals surface area contributed by atoms with Gasteiger partial charge in [-0.3, -0.25) is 4.79 Å². The lowest BCUT2D eigenvalue weighted by Gasteiger charge is -2.09. The average Bonchev–Trinajstić information content (AvgIpc) is 2.91. The number of ketones is 1. The third-order valence-corrected chi connectivity index (χ3v) is 3.71. The third-order valence-electron chi connectivity index (χ3n) is 2.70. The number of benzene rings is 1. The second-order valence-electron chi connectivity index (χ2n) is 3.99. The molecule has 80 valence electrons. The number of halogens is 2. The zero-order valence-electron chi connectivity index (χ0n) is 8.09. The molecule has 1 aliphatic carbocycles. The molecule has 0 aliphatic heterocycles. The predicted octanol–water partition coefficient (Wildman–Crippen LogP) is 2.71. The van der Waals surface area contributed by atoms with Crippen LogP contribution in [-0.4, -0.2) is 11.3 Å². The summed E-state index contributed by atoms with van der Waals surface area (Å²) in [7, 11) is 0. The minimum absolute atomic E-state index is 0.102. The number of rotatable bonds is 3. The highest BCUT2D eigenvalue weighted by Crippen LogP contribution is 2.35. The van der Waals surface area contributed by atoms with Crippen molar-refractivity contribution in [2.45, 2.75) is 24.8 Å². The smallest absolute Gasteiger partial charge is 0.157 e. The molecule has 15 heavy (non-hydrogen) atoms. The van der Waals surface area contributed by atoms with Crippen LogP contribution in [0.25, 0.3) is 0 Å². The summed E-state index contributed by atoms with van der Waals surface area (Å²) in [5.74, 6) is 0.102. The molecular formula is C11H11BrClNO. The third kappa shape index (κ3) is 2.41. The fourth-order valence-corrected chi connectivity index (χ4v) is 2.02. The lowest BCUT2D eigenvalue weighted by molar-refractivity contribution is -0.120. The van der Waals surface area contributed by atoms with Crippen LogP contribution in [0, 0.1) is 0 Å². The summed E-state index contributed by atoms with van der Waals surface area (Å²) in [6, 6.07) is 5.44. The van der Waals surface area contributed by atoms with Gasteiger partial charge < -0.3 is 5.73 Å². The van der Waals surface area contributed by atoms with E-state index in [-0.39, 0.29) is 5.78 Å². The summed E-state index contributed by atoms with van der Waals surface area (Å²) in [5.41, 5.74) is 6.18. The molecule has 0 atom stereocenters. The molecule has 0 bridgehead atoms. The Kier molecular flexibility index (Phi) is 2.88. The van der Waals surface area contributed by atoms with Crippen LogP contribution in [0.3, 0.4) is 0 Å². The fraction of sp³-hybridized carbons (Fsp3) is 0.364. The van der Waals surface area contributed by atoms with Crippen molar-refractivity contribution in [2.24, 2.45) is 5.73 Å². The van der Waals surface area contributed by atoms with Crippen LogP contribution >= 0.6 is 27.5 Å². The van der Waals surface area contributed by atoms with E-state index in [1.807, 2.05) is 6.07 Å². The van der Waals surface area contributed by atoms with E-state index in [0.717, 1.165) is 22.9 Å². The maximum absolute atomic E-state index is 11.8. The maximum Gasteiger partial charge on any atom is 0.157 e. The van der Waals surface area contributed by atoms with Crippen LogP contribution in [-0.2, 0) is 11.2 Å². The summed E-state index contributed by atoms with van der Waals surface area (Å²) in [6.07, 6.45) is 1.98. The van der Waals surface area contributed by atoms with Crippen molar-refractivity contribution in [3.05, 3.63) is 33.3 Å². The minimum Gasteiger partial charge on any atom is -0.319 e. The SMILES string of the molecule is NC1(C(=O)Cc2cc(Cl)ccc2Br)CC1. The van der Waals surface area contributed by atoms with Gasteiger partial charge in [-0.05, 0) is 36.6 Å². The Hall–Kier alpha value is -0.380. The molecule has 1 saturated carbocycles. The van der Waals surface area contributed by atoms with E-state index in [9.17, 15) is 4.79 Å². The van der Waals surface area contributed by atoms with E-state index in [1.165, 1.54) is 0 Å². The molecule has 0 aromatic heterocycles. The van der Waals surface area contributed by atoms with Crippen LogP contribution < -0.4 is 5.73 Å². The molecule has 0 unspecified atom stereocenters. The van der Waals surface area contributed by atoms with Gasteiger partial charge in [0, 0.05) is 15.9 Å². The monoisotopic (exact) mass is 287 g/mol. The topological polar surface area (TPSA) is 43.1 Å². The summed E-state index contributed by atoms with van der Waals surface area (Å²) in [5, 5.41) is 0.642. The molecule has 4 heteroatoms. The molecule has 0 radical (unpaired) electrons. The van der Waals surface area contributed by atoms with Crippen LogP contribution in [0.2, 0.25) is 5.02 Å². The van der Waals surface area contributed by atoms with Gasteiger partial charge in [-0.25, -0.2) is 0 Å². The molecule has 2 rings (SSSR count). The molecule has 0 amide bonds. The Balaban J connectivity index is 2.16. The van der Waals surface area contributed by atoms with Crippen LogP contribution in [0.4, 0.5) is 0 Å². The first kappa shape index (κ1) is 11.1. The molecule has 0 saturated heterocycles. The molecule has 2 nitrogen and oxygen atoms in total. The Labute approximate surface area is 102 Å². The predicted molar refractivity (Wildman–Crippen MR) is 64.0 cm³/mol. The zero-order valence-corrected chi connectivity index (χ0v) is 10.4. The Bertz CT molecular complexity index is 415. The van der Waals surface area contributed by atoms with Crippen molar-refractivity contribution in [2.75, 3.05) is 0 Å². The Morgan fingerprint density at radius 3 is 2.80 bits per heavy atom. The van der Waals surface area contributed by atoms with Gasteiger partial charge in [-0.1, -0.05) is 27.5 Å². The molecule has 1 aliphatic rings. The lowest BCUT2D eigenvalue weighted by atomic mass is 10.0. The first-order chi connectivity index (χ1) is 7.01. The molecule has 2 N–H and O–H groups in total. The Morgan fingerprint density at radius 2 is 2.20 bits per heavy atom. The van der Waals surface area contributed by atoms with Crippen LogP contribution in [0.5, 0.6) is 0 Å². The van der Waals surface area contributed by atoms with Crippen LogP contribution in [0.15, 0.2) is 22.7 Å². The highest BCUT2D eigenvalue weighted by molar-refractivity contribution is 9.10. The van der Waals surface area contributed by atoms with E-state index in [4.69, 9.17) is 17.3 Å². The maximum atomic E-state index is 11.8. The number of nitrogens with two attached hydrogens (primary N) is 1. The number of hydrogen-bond donors (Lipinski definition) is 1. The Morgan fingerprint density at radius 1 is 1.53 bits per heavy atom. The number of carbonyl (C=O) groups excluding carboxylic acids is 1. The van der Waals surface area contributed by atoms with Gasteiger partial charge in [-0.2, -0.15) is 0 Å². The van der Waals surface area contributed by atoms with Crippen molar-refractivity contribution < 1.29 is 4.79 Å². The van der Waals surface area contributed by atoms with Gasteiger partial charge in [0.2, 0.25) is 0 Å². The highest BCUT2D eigenvalue weighted by atomic mass is 79.9. The van der Waals surface area contributed by atoms with Gasteiger partial charge in [0.15, 0.2) is 5.78 Å². The summed E-state index contributed by atoms with van der Waals surface area (Å²) >= 11 is 9.26. The van der Waals surface area contributed by atoms with E-state index < -0.39 is 5.54 Å². The minimum atomic E-state index is -0.554. The quantitative estimate of drug-likeness (QED) is 0.929. The normalized spacial score (nSPS) is 17.5. The van der Waals surface area contributed by atoms with Crippen molar-refractivity contribution in [3.63, 3.8) is 0 Å². The lowest BCUT2D eigenvalue weighted by Crippen LogP contribution is -2.34. The average molecular weight is 289 g/mol. The van der Waals surface area contributed by atoms with Gasteiger partial charge >= 0.3 is 0 Å².